The Morgan fingerprint density at radius 2 is 2.00 bits per heavy atom. The summed E-state index contributed by atoms with van der Waals surface area (Å²) >= 11 is 3.48. The number of hydrogen-bond donors (Lipinski definition) is 1. The van der Waals surface area contributed by atoms with Crippen molar-refractivity contribution < 1.29 is 0 Å². The van der Waals surface area contributed by atoms with E-state index in [1.165, 1.54) is 11.1 Å². The summed E-state index contributed by atoms with van der Waals surface area (Å²) in [7, 11) is 0. The highest BCUT2D eigenvalue weighted by Gasteiger charge is 2.17. The van der Waals surface area contributed by atoms with Crippen LogP contribution in [0.1, 0.15) is 22.9 Å². The molecule has 3 nitrogen and oxygen atoms in total. The molecule has 0 radical (unpaired) electrons. The zero-order valence-electron chi connectivity index (χ0n) is 9.60. The molecule has 1 aromatic heterocycles. The van der Waals surface area contributed by atoms with E-state index in [-0.39, 0.29) is 5.92 Å². The van der Waals surface area contributed by atoms with Crippen LogP contribution in [0.15, 0.2) is 41.1 Å². The fourth-order valence-electron chi connectivity index (χ4n) is 1.85. The summed E-state index contributed by atoms with van der Waals surface area (Å²) in [6, 6.07) is 8.00. The zero-order chi connectivity index (χ0) is 12.3. The summed E-state index contributed by atoms with van der Waals surface area (Å²) in [6.45, 7) is 2.58. The molecular formula is C13H14BrN3. The van der Waals surface area contributed by atoms with Gasteiger partial charge in [0, 0.05) is 23.4 Å². The lowest BCUT2D eigenvalue weighted by Crippen LogP contribution is -2.17. The van der Waals surface area contributed by atoms with Gasteiger partial charge in [0.1, 0.15) is 5.82 Å². The number of rotatable bonds is 3. The maximum atomic E-state index is 5.86. The number of halogens is 1. The molecule has 0 aliphatic carbocycles. The lowest BCUT2D eigenvalue weighted by Gasteiger charge is -2.16. The molecule has 1 unspecified atom stereocenters. The second-order valence-electron chi connectivity index (χ2n) is 3.90. The summed E-state index contributed by atoms with van der Waals surface area (Å²) < 4.78 is 1.05. The van der Waals surface area contributed by atoms with E-state index in [9.17, 15) is 0 Å². The molecule has 2 aromatic rings. The Morgan fingerprint density at radius 1 is 1.29 bits per heavy atom. The molecule has 0 amide bonds. The van der Waals surface area contributed by atoms with E-state index < -0.39 is 0 Å². The van der Waals surface area contributed by atoms with Gasteiger partial charge in [-0.15, -0.1) is 0 Å². The van der Waals surface area contributed by atoms with Crippen molar-refractivity contribution >= 4 is 15.9 Å². The molecule has 0 aliphatic rings. The molecule has 1 aromatic carbocycles. The molecule has 0 spiro atoms. The maximum absolute atomic E-state index is 5.86. The Balaban J connectivity index is 2.46. The SMILES string of the molecule is Cc1ccc(Br)cc1C(CN)c1ncccn1. The molecule has 1 heterocycles. The smallest absolute Gasteiger partial charge is 0.136 e. The Morgan fingerprint density at radius 3 is 2.65 bits per heavy atom. The van der Waals surface area contributed by atoms with Gasteiger partial charge in [-0.3, -0.25) is 0 Å². The minimum Gasteiger partial charge on any atom is -0.329 e. The normalized spacial score (nSPS) is 12.4. The van der Waals surface area contributed by atoms with Crippen LogP contribution in [-0.4, -0.2) is 16.5 Å². The van der Waals surface area contributed by atoms with Crippen molar-refractivity contribution in [1.82, 2.24) is 9.97 Å². The van der Waals surface area contributed by atoms with Crippen molar-refractivity contribution in [3.8, 4) is 0 Å². The highest BCUT2D eigenvalue weighted by Crippen LogP contribution is 2.26. The Bertz CT molecular complexity index is 499. The predicted octanol–water partition coefficient (Wildman–Crippen LogP) is 2.64. The second kappa shape index (κ2) is 5.38. The minimum absolute atomic E-state index is 0.0497. The van der Waals surface area contributed by atoms with Crippen LogP contribution in [0.5, 0.6) is 0 Å². The first-order valence-corrected chi connectivity index (χ1v) is 6.24. The molecule has 0 fully saturated rings. The van der Waals surface area contributed by atoms with Crippen LogP contribution >= 0.6 is 15.9 Å². The molecule has 17 heavy (non-hydrogen) atoms. The zero-order valence-corrected chi connectivity index (χ0v) is 11.2. The van der Waals surface area contributed by atoms with Gasteiger partial charge in [-0.1, -0.05) is 22.0 Å². The molecule has 0 saturated heterocycles. The van der Waals surface area contributed by atoms with Gasteiger partial charge in [-0.25, -0.2) is 9.97 Å². The van der Waals surface area contributed by atoms with Gasteiger partial charge in [0.15, 0.2) is 0 Å². The average Bonchev–Trinajstić information content (AvgIpc) is 2.36. The molecule has 88 valence electrons. The number of benzene rings is 1. The van der Waals surface area contributed by atoms with E-state index >= 15 is 0 Å². The number of hydrogen-bond acceptors (Lipinski definition) is 3. The van der Waals surface area contributed by atoms with E-state index in [4.69, 9.17) is 5.73 Å². The first-order valence-electron chi connectivity index (χ1n) is 5.45. The lowest BCUT2D eigenvalue weighted by atomic mass is 9.94. The summed E-state index contributed by atoms with van der Waals surface area (Å²) in [5.41, 5.74) is 8.24. The number of aryl methyl sites for hydroxylation is 1. The van der Waals surface area contributed by atoms with Crippen LogP contribution in [0.3, 0.4) is 0 Å². The molecule has 2 rings (SSSR count). The van der Waals surface area contributed by atoms with Crippen LogP contribution in [0.2, 0.25) is 0 Å². The fraction of sp³-hybridized carbons (Fsp3) is 0.231. The summed E-state index contributed by atoms with van der Waals surface area (Å²) in [5, 5.41) is 0. The van der Waals surface area contributed by atoms with Crippen LogP contribution in [-0.2, 0) is 0 Å². The molecule has 4 heteroatoms. The average molecular weight is 292 g/mol. The van der Waals surface area contributed by atoms with Gasteiger partial charge in [0.2, 0.25) is 0 Å². The van der Waals surface area contributed by atoms with Crippen molar-refractivity contribution in [2.75, 3.05) is 6.54 Å². The summed E-state index contributed by atoms with van der Waals surface area (Å²) in [4.78, 5) is 8.58. The van der Waals surface area contributed by atoms with E-state index in [0.29, 0.717) is 6.54 Å². The standard InChI is InChI=1S/C13H14BrN3/c1-9-3-4-10(14)7-11(9)12(8-15)13-16-5-2-6-17-13/h2-7,12H,8,15H2,1H3. The quantitative estimate of drug-likeness (QED) is 0.946. The van der Waals surface area contributed by atoms with Gasteiger partial charge in [0.05, 0.1) is 5.92 Å². The largest absolute Gasteiger partial charge is 0.329 e. The maximum Gasteiger partial charge on any atom is 0.136 e. The number of nitrogens with two attached hydrogens (primary N) is 1. The minimum atomic E-state index is 0.0497. The molecule has 0 aliphatic heterocycles. The Labute approximate surface area is 109 Å². The van der Waals surface area contributed by atoms with Gasteiger partial charge in [-0.05, 0) is 36.2 Å². The van der Waals surface area contributed by atoms with Crippen molar-refractivity contribution in [2.45, 2.75) is 12.8 Å². The third-order valence-corrected chi connectivity index (χ3v) is 3.24. The van der Waals surface area contributed by atoms with Crippen LogP contribution in [0.4, 0.5) is 0 Å². The third kappa shape index (κ3) is 2.70. The molecule has 0 saturated carbocycles. The van der Waals surface area contributed by atoms with Crippen LogP contribution in [0.25, 0.3) is 0 Å². The van der Waals surface area contributed by atoms with E-state index in [2.05, 4.69) is 45.0 Å². The van der Waals surface area contributed by atoms with Crippen molar-refractivity contribution in [3.63, 3.8) is 0 Å². The monoisotopic (exact) mass is 291 g/mol. The van der Waals surface area contributed by atoms with Crippen molar-refractivity contribution in [2.24, 2.45) is 5.73 Å². The molecule has 1 atom stereocenters. The van der Waals surface area contributed by atoms with E-state index in [0.717, 1.165) is 10.3 Å². The second-order valence-corrected chi connectivity index (χ2v) is 4.81. The van der Waals surface area contributed by atoms with Crippen LogP contribution in [0, 0.1) is 6.92 Å². The third-order valence-electron chi connectivity index (χ3n) is 2.75. The van der Waals surface area contributed by atoms with Crippen molar-refractivity contribution in [3.05, 3.63) is 58.1 Å². The van der Waals surface area contributed by atoms with Crippen LogP contribution < -0.4 is 5.73 Å². The fourth-order valence-corrected chi connectivity index (χ4v) is 2.23. The van der Waals surface area contributed by atoms with E-state index in [1.807, 2.05) is 12.1 Å². The Hall–Kier alpha value is -1.26. The molecular weight excluding hydrogens is 278 g/mol. The Kier molecular flexibility index (Phi) is 3.86. The number of aromatic nitrogens is 2. The van der Waals surface area contributed by atoms with E-state index in [1.54, 1.807) is 12.4 Å². The predicted molar refractivity (Wildman–Crippen MR) is 71.8 cm³/mol. The van der Waals surface area contributed by atoms with Gasteiger partial charge < -0.3 is 5.73 Å². The highest BCUT2D eigenvalue weighted by atomic mass is 79.9. The van der Waals surface area contributed by atoms with Crippen molar-refractivity contribution in [1.29, 1.82) is 0 Å². The first kappa shape index (κ1) is 12.2. The lowest BCUT2D eigenvalue weighted by molar-refractivity contribution is 0.744. The molecule has 0 bridgehead atoms. The number of nitrogens with zero attached hydrogens (tertiary/aromatic N) is 2. The highest BCUT2D eigenvalue weighted by molar-refractivity contribution is 9.10. The summed E-state index contributed by atoms with van der Waals surface area (Å²) in [5.74, 6) is 0.824. The van der Waals surface area contributed by atoms with Gasteiger partial charge in [-0.2, -0.15) is 0 Å². The van der Waals surface area contributed by atoms with Gasteiger partial charge in [0.25, 0.3) is 0 Å². The topological polar surface area (TPSA) is 51.8 Å². The molecule has 2 N–H and O–H groups in total. The van der Waals surface area contributed by atoms with Gasteiger partial charge >= 0.3 is 0 Å². The summed E-state index contributed by atoms with van der Waals surface area (Å²) in [6.07, 6.45) is 3.50. The first-order chi connectivity index (χ1) is 8.22.